The Kier molecular flexibility index (Phi) is 5.80. The van der Waals surface area contributed by atoms with E-state index in [0.29, 0.717) is 10.6 Å². The Morgan fingerprint density at radius 2 is 2.19 bits per heavy atom. The quantitative estimate of drug-likeness (QED) is 0.714. The fourth-order valence-corrected chi connectivity index (χ4v) is 3.57. The lowest BCUT2D eigenvalue weighted by Gasteiger charge is -2.10. The first kappa shape index (κ1) is 19.7. The molecule has 0 aliphatic carbocycles. The van der Waals surface area contributed by atoms with Crippen molar-refractivity contribution in [1.29, 1.82) is 0 Å². The van der Waals surface area contributed by atoms with Crippen LogP contribution >= 0.6 is 11.3 Å². The molecule has 3 rings (SSSR count). The van der Waals surface area contributed by atoms with Crippen LogP contribution in [0.3, 0.4) is 0 Å². The van der Waals surface area contributed by atoms with E-state index >= 15 is 0 Å². The van der Waals surface area contributed by atoms with Gasteiger partial charge in [0.05, 0.1) is 18.3 Å². The fraction of sp³-hybridized carbons (Fsp3) is 0.412. The highest BCUT2D eigenvalue weighted by Crippen LogP contribution is 2.34. The van der Waals surface area contributed by atoms with Crippen LogP contribution in [0, 0.1) is 0 Å². The van der Waals surface area contributed by atoms with Crippen molar-refractivity contribution in [3.63, 3.8) is 0 Å². The number of thiazole rings is 1. The Labute approximate surface area is 156 Å². The molecule has 146 valence electrons. The predicted octanol–water partition coefficient (Wildman–Crippen LogP) is 2.28. The topological polar surface area (TPSA) is 91.7 Å². The van der Waals surface area contributed by atoms with Gasteiger partial charge in [-0.3, -0.25) is 4.79 Å². The van der Waals surface area contributed by atoms with Gasteiger partial charge in [0.2, 0.25) is 0 Å². The number of alkyl halides is 3. The van der Waals surface area contributed by atoms with Gasteiger partial charge in [-0.25, -0.2) is 4.98 Å². The van der Waals surface area contributed by atoms with Crippen LogP contribution in [0.4, 0.5) is 13.2 Å². The van der Waals surface area contributed by atoms with E-state index in [9.17, 15) is 23.1 Å². The summed E-state index contributed by atoms with van der Waals surface area (Å²) < 4.78 is 43.7. The first-order valence-corrected chi connectivity index (χ1v) is 9.00. The number of aliphatic hydroxyl groups excluding tert-OH is 2. The van der Waals surface area contributed by atoms with Gasteiger partial charge in [-0.15, -0.1) is 11.3 Å². The molecule has 10 heteroatoms. The number of nitrogens with zero attached hydrogens (tertiary/aromatic N) is 1. The highest BCUT2D eigenvalue weighted by Gasteiger charge is 2.36. The van der Waals surface area contributed by atoms with E-state index in [1.165, 1.54) is 28.8 Å². The van der Waals surface area contributed by atoms with E-state index in [-0.39, 0.29) is 25.3 Å². The van der Waals surface area contributed by atoms with E-state index in [0.717, 1.165) is 12.1 Å². The third kappa shape index (κ3) is 4.64. The molecule has 0 spiro atoms. The highest BCUT2D eigenvalue weighted by atomic mass is 32.1. The van der Waals surface area contributed by atoms with Gasteiger partial charge in [0.1, 0.15) is 22.9 Å². The van der Waals surface area contributed by atoms with E-state index in [4.69, 9.17) is 9.84 Å². The summed E-state index contributed by atoms with van der Waals surface area (Å²) in [7, 11) is 0. The lowest BCUT2D eigenvalue weighted by Crippen LogP contribution is -2.24. The van der Waals surface area contributed by atoms with Crippen LogP contribution in [0.1, 0.15) is 39.1 Å². The number of nitrogens with one attached hydrogen (secondary N) is 1. The molecular formula is C17H17F3N2O4S. The van der Waals surface area contributed by atoms with Gasteiger partial charge >= 0.3 is 6.18 Å². The molecule has 2 aromatic rings. The Bertz CT molecular complexity index is 811. The second-order valence-electron chi connectivity index (χ2n) is 6.10. The summed E-state index contributed by atoms with van der Waals surface area (Å²) in [5.41, 5.74) is -0.338. The molecule has 0 unspecified atom stereocenters. The summed E-state index contributed by atoms with van der Waals surface area (Å²) in [4.78, 5) is 16.4. The van der Waals surface area contributed by atoms with Crippen LogP contribution in [0.25, 0.3) is 0 Å². The van der Waals surface area contributed by atoms with E-state index < -0.39 is 36.0 Å². The summed E-state index contributed by atoms with van der Waals surface area (Å²) in [6, 6.07) is 4.72. The number of rotatable bonds is 5. The summed E-state index contributed by atoms with van der Waals surface area (Å²) in [5, 5.41) is 23.4. The number of carbonyl (C=O) groups excluding carboxylic acids is 1. The number of halogens is 3. The molecule has 1 aliphatic rings. The van der Waals surface area contributed by atoms with Gasteiger partial charge < -0.3 is 20.3 Å². The highest BCUT2D eigenvalue weighted by molar-refractivity contribution is 7.09. The molecule has 0 saturated carbocycles. The van der Waals surface area contributed by atoms with Crippen molar-refractivity contribution in [2.75, 3.05) is 6.61 Å². The van der Waals surface area contributed by atoms with E-state index in [2.05, 4.69) is 10.3 Å². The standard InChI is InChI=1S/C17H17F3N2O4S/c18-17(19,20)10-3-1-2-9(4-10)6-21-15(25)11-8-27-16(22-11)13-5-12(24)14(7-23)26-13/h1-4,8,12-14,23-24H,5-7H2,(H,21,25)/t12-,13-,14+/m0/s1. The van der Waals surface area contributed by atoms with Gasteiger partial charge in [-0.1, -0.05) is 12.1 Å². The smallest absolute Gasteiger partial charge is 0.394 e. The number of benzene rings is 1. The third-order valence-electron chi connectivity index (χ3n) is 4.14. The maximum absolute atomic E-state index is 12.7. The lowest BCUT2D eigenvalue weighted by molar-refractivity contribution is -0.137. The minimum atomic E-state index is -4.44. The minimum Gasteiger partial charge on any atom is -0.394 e. The summed E-state index contributed by atoms with van der Waals surface area (Å²) >= 11 is 1.18. The lowest BCUT2D eigenvalue weighted by atomic mass is 10.1. The van der Waals surface area contributed by atoms with Crippen LogP contribution in [-0.2, 0) is 17.5 Å². The molecule has 2 heterocycles. The van der Waals surface area contributed by atoms with Gasteiger partial charge in [0.15, 0.2) is 0 Å². The zero-order valence-corrected chi connectivity index (χ0v) is 14.8. The number of hydrogen-bond acceptors (Lipinski definition) is 6. The molecule has 1 aromatic carbocycles. The molecule has 0 bridgehead atoms. The Balaban J connectivity index is 1.61. The predicted molar refractivity (Wildman–Crippen MR) is 90.1 cm³/mol. The van der Waals surface area contributed by atoms with Gasteiger partial charge in [0, 0.05) is 18.3 Å². The van der Waals surface area contributed by atoms with Crippen molar-refractivity contribution >= 4 is 17.2 Å². The van der Waals surface area contributed by atoms with Crippen LogP contribution < -0.4 is 5.32 Å². The number of hydrogen-bond donors (Lipinski definition) is 3. The van der Waals surface area contributed by atoms with Crippen molar-refractivity contribution in [2.24, 2.45) is 0 Å². The summed E-state index contributed by atoms with van der Waals surface area (Å²) in [6.45, 7) is -0.381. The molecular weight excluding hydrogens is 385 g/mol. The zero-order chi connectivity index (χ0) is 19.6. The van der Waals surface area contributed by atoms with Crippen molar-refractivity contribution in [1.82, 2.24) is 10.3 Å². The molecule has 6 nitrogen and oxygen atoms in total. The summed E-state index contributed by atoms with van der Waals surface area (Å²) in [5.74, 6) is -0.521. The SMILES string of the molecule is O=C(NCc1cccc(C(F)(F)F)c1)c1csc([C@@H]2C[C@H](O)[C@@H](CO)O2)n1. The second kappa shape index (κ2) is 7.93. The molecule has 1 saturated heterocycles. The molecule has 1 aliphatic heterocycles. The van der Waals surface area contributed by atoms with E-state index in [1.807, 2.05) is 0 Å². The fourth-order valence-electron chi connectivity index (χ4n) is 2.72. The maximum atomic E-state index is 12.7. The van der Waals surface area contributed by atoms with Crippen molar-refractivity contribution < 1.29 is 32.9 Å². The minimum absolute atomic E-state index is 0.0686. The molecule has 0 radical (unpaired) electrons. The van der Waals surface area contributed by atoms with Crippen molar-refractivity contribution in [3.8, 4) is 0 Å². The number of aliphatic hydroxyl groups is 2. The zero-order valence-electron chi connectivity index (χ0n) is 13.9. The third-order valence-corrected chi connectivity index (χ3v) is 5.08. The number of amides is 1. The van der Waals surface area contributed by atoms with Gasteiger partial charge in [-0.2, -0.15) is 13.2 Å². The number of ether oxygens (including phenoxy) is 1. The Morgan fingerprint density at radius 1 is 1.41 bits per heavy atom. The van der Waals surface area contributed by atoms with Crippen LogP contribution in [0.5, 0.6) is 0 Å². The van der Waals surface area contributed by atoms with Crippen molar-refractivity contribution in [2.45, 2.75) is 37.5 Å². The van der Waals surface area contributed by atoms with Crippen LogP contribution in [-0.4, -0.2) is 39.9 Å². The average molecular weight is 402 g/mol. The second-order valence-corrected chi connectivity index (χ2v) is 6.99. The Morgan fingerprint density at radius 3 is 2.85 bits per heavy atom. The molecule has 1 fully saturated rings. The molecule has 1 aromatic heterocycles. The first-order valence-electron chi connectivity index (χ1n) is 8.12. The molecule has 3 atom stereocenters. The van der Waals surface area contributed by atoms with Crippen molar-refractivity contribution in [3.05, 3.63) is 51.5 Å². The van der Waals surface area contributed by atoms with Gasteiger partial charge in [0.25, 0.3) is 5.91 Å². The first-order chi connectivity index (χ1) is 12.8. The molecule has 1 amide bonds. The normalized spacial score (nSPS) is 22.8. The van der Waals surface area contributed by atoms with Crippen LogP contribution in [0.15, 0.2) is 29.6 Å². The maximum Gasteiger partial charge on any atom is 0.416 e. The molecule has 3 N–H and O–H groups in total. The Hall–Kier alpha value is -2.01. The number of aromatic nitrogens is 1. The average Bonchev–Trinajstić information content (AvgIpc) is 3.25. The van der Waals surface area contributed by atoms with Crippen LogP contribution in [0.2, 0.25) is 0 Å². The molecule has 27 heavy (non-hydrogen) atoms. The van der Waals surface area contributed by atoms with E-state index in [1.54, 1.807) is 0 Å². The monoisotopic (exact) mass is 402 g/mol. The largest absolute Gasteiger partial charge is 0.416 e. The van der Waals surface area contributed by atoms with Gasteiger partial charge in [-0.05, 0) is 17.7 Å². The number of carbonyl (C=O) groups is 1. The summed E-state index contributed by atoms with van der Waals surface area (Å²) in [6.07, 6.45) is -6.17.